The largest absolute Gasteiger partial charge is 0.504 e. The van der Waals surface area contributed by atoms with Gasteiger partial charge in [-0.2, -0.15) is 0 Å². The van der Waals surface area contributed by atoms with Crippen molar-refractivity contribution in [3.63, 3.8) is 0 Å². The van der Waals surface area contributed by atoms with Crippen molar-refractivity contribution in [1.82, 2.24) is 0 Å². The number of hydrogen-bond acceptors (Lipinski definition) is 3. The quantitative estimate of drug-likeness (QED) is 0.899. The fraction of sp³-hybridized carbons (Fsp3) is 0.200. The molecule has 4 heteroatoms. The Morgan fingerprint density at radius 3 is 2.58 bits per heavy atom. The molecule has 2 rings (SSSR count). The van der Waals surface area contributed by atoms with E-state index in [4.69, 9.17) is 9.47 Å². The summed E-state index contributed by atoms with van der Waals surface area (Å²) >= 11 is 0. The molecule has 0 saturated carbocycles. The van der Waals surface area contributed by atoms with Crippen molar-refractivity contribution in [2.75, 3.05) is 13.7 Å². The first kappa shape index (κ1) is 13.2. The van der Waals surface area contributed by atoms with E-state index >= 15 is 0 Å². The molecular formula is C15H15FO3. The van der Waals surface area contributed by atoms with Crippen LogP contribution in [0.2, 0.25) is 0 Å². The predicted octanol–water partition coefficient (Wildman–Crippen LogP) is 3.16. The summed E-state index contributed by atoms with van der Waals surface area (Å²) < 4.78 is 23.7. The third-order valence-electron chi connectivity index (χ3n) is 2.73. The highest BCUT2D eigenvalue weighted by molar-refractivity contribution is 5.38. The van der Waals surface area contributed by atoms with Gasteiger partial charge in [0.2, 0.25) is 0 Å². The van der Waals surface area contributed by atoms with Crippen LogP contribution in [0.3, 0.4) is 0 Å². The van der Waals surface area contributed by atoms with Crippen molar-refractivity contribution in [1.29, 1.82) is 0 Å². The van der Waals surface area contributed by atoms with E-state index < -0.39 is 0 Å². The van der Waals surface area contributed by atoms with Crippen molar-refractivity contribution in [2.45, 2.75) is 6.42 Å². The molecule has 100 valence electrons. The normalized spacial score (nSPS) is 10.2. The standard InChI is InChI=1S/C15H15FO3/c1-18-14-7-6-11(10-12(14)16)8-9-19-15-5-3-2-4-13(15)17/h2-7,10,17H,8-9H2,1H3. The molecule has 0 fully saturated rings. The third kappa shape index (κ3) is 3.37. The Hall–Kier alpha value is -2.23. The van der Waals surface area contributed by atoms with E-state index in [1.807, 2.05) is 0 Å². The Morgan fingerprint density at radius 1 is 1.11 bits per heavy atom. The van der Waals surface area contributed by atoms with Gasteiger partial charge in [0, 0.05) is 6.42 Å². The number of halogens is 1. The first-order chi connectivity index (χ1) is 9.20. The summed E-state index contributed by atoms with van der Waals surface area (Å²) in [5.74, 6) is 0.368. The fourth-order valence-electron chi connectivity index (χ4n) is 1.72. The van der Waals surface area contributed by atoms with Crippen molar-refractivity contribution >= 4 is 0 Å². The molecule has 0 aliphatic carbocycles. The second-order valence-corrected chi connectivity index (χ2v) is 4.04. The van der Waals surface area contributed by atoms with E-state index in [-0.39, 0.29) is 17.3 Å². The van der Waals surface area contributed by atoms with Crippen molar-refractivity contribution < 1.29 is 19.0 Å². The molecule has 0 amide bonds. The Morgan fingerprint density at radius 2 is 1.89 bits per heavy atom. The molecule has 3 nitrogen and oxygen atoms in total. The van der Waals surface area contributed by atoms with Gasteiger partial charge < -0.3 is 14.6 Å². The lowest BCUT2D eigenvalue weighted by Gasteiger charge is -2.08. The van der Waals surface area contributed by atoms with Gasteiger partial charge in [-0.05, 0) is 29.8 Å². The molecule has 0 aliphatic heterocycles. The van der Waals surface area contributed by atoms with Crippen LogP contribution in [0.25, 0.3) is 0 Å². The molecule has 1 N–H and O–H groups in total. The summed E-state index contributed by atoms with van der Waals surface area (Å²) in [6.07, 6.45) is 0.551. The van der Waals surface area contributed by atoms with Crippen molar-refractivity contribution in [3.8, 4) is 17.2 Å². The average molecular weight is 262 g/mol. The number of rotatable bonds is 5. The van der Waals surface area contributed by atoms with E-state index in [0.29, 0.717) is 18.8 Å². The summed E-state index contributed by atoms with van der Waals surface area (Å²) in [6, 6.07) is 11.5. The number of para-hydroxylation sites is 2. The number of aromatic hydroxyl groups is 1. The summed E-state index contributed by atoms with van der Waals surface area (Å²) in [6.45, 7) is 0.364. The number of phenolic OH excluding ortho intramolecular Hbond substituents is 1. The number of ether oxygens (including phenoxy) is 2. The molecule has 0 radical (unpaired) electrons. The molecule has 0 unspecified atom stereocenters. The van der Waals surface area contributed by atoms with Gasteiger partial charge in [-0.15, -0.1) is 0 Å². The lowest BCUT2D eigenvalue weighted by atomic mass is 10.1. The number of benzene rings is 2. The van der Waals surface area contributed by atoms with Gasteiger partial charge in [-0.25, -0.2) is 4.39 Å². The molecular weight excluding hydrogens is 247 g/mol. The molecule has 0 aromatic heterocycles. The van der Waals surface area contributed by atoms with Crippen LogP contribution in [0.5, 0.6) is 17.2 Å². The van der Waals surface area contributed by atoms with E-state index in [0.717, 1.165) is 5.56 Å². The molecule has 0 spiro atoms. The van der Waals surface area contributed by atoms with Crippen LogP contribution in [0.1, 0.15) is 5.56 Å². The molecule has 2 aromatic carbocycles. The predicted molar refractivity (Wildman–Crippen MR) is 70.3 cm³/mol. The maximum atomic E-state index is 13.5. The average Bonchev–Trinajstić information content (AvgIpc) is 2.41. The maximum Gasteiger partial charge on any atom is 0.165 e. The molecule has 0 atom stereocenters. The smallest absolute Gasteiger partial charge is 0.165 e. The lowest BCUT2D eigenvalue weighted by Crippen LogP contribution is -2.02. The van der Waals surface area contributed by atoms with Crippen molar-refractivity contribution in [3.05, 3.63) is 53.8 Å². The summed E-state index contributed by atoms with van der Waals surface area (Å²) in [7, 11) is 1.43. The minimum atomic E-state index is -0.387. The zero-order valence-electron chi connectivity index (χ0n) is 10.6. The zero-order chi connectivity index (χ0) is 13.7. The highest BCUT2D eigenvalue weighted by Crippen LogP contribution is 2.24. The third-order valence-corrected chi connectivity index (χ3v) is 2.73. The van der Waals surface area contributed by atoms with E-state index in [9.17, 15) is 9.50 Å². The van der Waals surface area contributed by atoms with Crippen LogP contribution in [0.15, 0.2) is 42.5 Å². The first-order valence-electron chi connectivity index (χ1n) is 5.94. The van der Waals surface area contributed by atoms with Crippen LogP contribution in [0, 0.1) is 5.82 Å². The van der Waals surface area contributed by atoms with Crippen LogP contribution < -0.4 is 9.47 Å². The summed E-state index contributed by atoms with van der Waals surface area (Å²) in [4.78, 5) is 0. The monoisotopic (exact) mass is 262 g/mol. The molecule has 0 aliphatic rings. The SMILES string of the molecule is COc1ccc(CCOc2ccccc2O)cc1F. The minimum absolute atomic E-state index is 0.100. The Balaban J connectivity index is 1.93. The molecule has 0 saturated heterocycles. The van der Waals surface area contributed by atoms with Crippen LogP contribution in [-0.4, -0.2) is 18.8 Å². The fourth-order valence-corrected chi connectivity index (χ4v) is 1.72. The molecule has 0 bridgehead atoms. The van der Waals surface area contributed by atoms with E-state index in [1.165, 1.54) is 13.2 Å². The summed E-state index contributed by atoms with van der Waals surface area (Å²) in [5, 5.41) is 9.52. The summed E-state index contributed by atoms with van der Waals surface area (Å²) in [5.41, 5.74) is 0.814. The van der Waals surface area contributed by atoms with Crippen LogP contribution in [-0.2, 0) is 6.42 Å². The Bertz CT molecular complexity index is 555. The number of methoxy groups -OCH3 is 1. The van der Waals surface area contributed by atoms with Gasteiger partial charge in [-0.3, -0.25) is 0 Å². The van der Waals surface area contributed by atoms with Crippen molar-refractivity contribution in [2.24, 2.45) is 0 Å². The van der Waals surface area contributed by atoms with Gasteiger partial charge >= 0.3 is 0 Å². The lowest BCUT2D eigenvalue weighted by molar-refractivity contribution is 0.303. The highest BCUT2D eigenvalue weighted by Gasteiger charge is 2.04. The minimum Gasteiger partial charge on any atom is -0.504 e. The second-order valence-electron chi connectivity index (χ2n) is 4.04. The van der Waals surface area contributed by atoms with Gasteiger partial charge in [0.25, 0.3) is 0 Å². The van der Waals surface area contributed by atoms with E-state index in [1.54, 1.807) is 36.4 Å². The van der Waals surface area contributed by atoms with Gasteiger partial charge in [0.15, 0.2) is 23.1 Å². The number of phenols is 1. The van der Waals surface area contributed by atoms with Crippen LogP contribution >= 0.6 is 0 Å². The molecule has 0 heterocycles. The van der Waals surface area contributed by atoms with Crippen LogP contribution in [0.4, 0.5) is 4.39 Å². The van der Waals surface area contributed by atoms with Gasteiger partial charge in [-0.1, -0.05) is 18.2 Å². The number of hydrogen-bond donors (Lipinski definition) is 1. The second kappa shape index (κ2) is 6.09. The Kier molecular flexibility index (Phi) is 4.23. The van der Waals surface area contributed by atoms with E-state index in [2.05, 4.69) is 0 Å². The molecule has 19 heavy (non-hydrogen) atoms. The van der Waals surface area contributed by atoms with Gasteiger partial charge in [0.1, 0.15) is 0 Å². The zero-order valence-corrected chi connectivity index (χ0v) is 10.6. The highest BCUT2D eigenvalue weighted by atomic mass is 19.1. The Labute approximate surface area is 111 Å². The first-order valence-corrected chi connectivity index (χ1v) is 5.94. The van der Waals surface area contributed by atoms with Gasteiger partial charge in [0.05, 0.1) is 13.7 Å². The topological polar surface area (TPSA) is 38.7 Å². The maximum absolute atomic E-state index is 13.5. The molecule has 2 aromatic rings.